The number of hydrogen-bond acceptors (Lipinski definition) is 4. The van der Waals surface area contributed by atoms with Gasteiger partial charge in [0.1, 0.15) is 24.7 Å². The zero-order valence-electron chi connectivity index (χ0n) is 14.4. The summed E-state index contributed by atoms with van der Waals surface area (Å²) in [5.41, 5.74) is 2.20. The summed E-state index contributed by atoms with van der Waals surface area (Å²) in [5.74, 6) is 1.47. The molecule has 3 aromatic rings. The molecule has 1 amide bonds. The zero-order chi connectivity index (χ0) is 18.4. The number of nitrogens with zero attached hydrogens (tertiary/aromatic N) is 1. The molecule has 0 aliphatic rings. The molecule has 7 heteroatoms. The van der Waals surface area contributed by atoms with Crippen molar-refractivity contribution in [1.82, 2.24) is 15.3 Å². The van der Waals surface area contributed by atoms with Crippen LogP contribution >= 0.6 is 15.9 Å². The van der Waals surface area contributed by atoms with E-state index >= 15 is 0 Å². The fourth-order valence-corrected chi connectivity index (χ4v) is 2.96. The van der Waals surface area contributed by atoms with Gasteiger partial charge in [0.15, 0.2) is 0 Å². The van der Waals surface area contributed by atoms with Crippen molar-refractivity contribution in [1.29, 1.82) is 0 Å². The molecule has 0 atom stereocenters. The standard InChI is InChI=1S/C19H20BrN3O3/c1-13(24)22-5-4-14-10-23-19-3-2-16(9-18(14)19)25-6-7-26-17-8-15(20)11-21-12-17/h2-3,8-12,23H,4-7H2,1H3,(H,22,24). The number of aromatic amines is 1. The number of hydrogen-bond donors (Lipinski definition) is 2. The van der Waals surface area contributed by atoms with Crippen LogP contribution in [0.2, 0.25) is 0 Å². The number of carbonyl (C=O) groups excluding carboxylic acids is 1. The summed E-state index contributed by atoms with van der Waals surface area (Å²) in [5, 5.41) is 3.92. The Hall–Kier alpha value is -2.54. The molecule has 26 heavy (non-hydrogen) atoms. The van der Waals surface area contributed by atoms with Crippen LogP contribution in [0.5, 0.6) is 11.5 Å². The molecular weight excluding hydrogens is 398 g/mol. The predicted molar refractivity (Wildman–Crippen MR) is 104 cm³/mol. The largest absolute Gasteiger partial charge is 0.490 e. The smallest absolute Gasteiger partial charge is 0.216 e. The van der Waals surface area contributed by atoms with Gasteiger partial charge in [-0.1, -0.05) is 0 Å². The average molecular weight is 418 g/mol. The molecule has 0 saturated heterocycles. The van der Waals surface area contributed by atoms with E-state index in [0.29, 0.717) is 25.5 Å². The zero-order valence-corrected chi connectivity index (χ0v) is 16.0. The van der Waals surface area contributed by atoms with E-state index in [1.54, 1.807) is 12.4 Å². The lowest BCUT2D eigenvalue weighted by Gasteiger charge is -2.09. The van der Waals surface area contributed by atoms with Crippen LogP contribution in [0.25, 0.3) is 10.9 Å². The minimum atomic E-state index is -0.0190. The number of aromatic nitrogens is 2. The fraction of sp³-hybridized carbons (Fsp3) is 0.263. The molecule has 0 spiro atoms. The molecular formula is C19H20BrN3O3. The number of rotatable bonds is 8. The summed E-state index contributed by atoms with van der Waals surface area (Å²) in [4.78, 5) is 18.3. The quantitative estimate of drug-likeness (QED) is 0.550. The summed E-state index contributed by atoms with van der Waals surface area (Å²) in [7, 11) is 0. The number of carbonyl (C=O) groups is 1. The second-order valence-corrected chi connectivity index (χ2v) is 6.71. The van der Waals surface area contributed by atoms with Gasteiger partial charge in [0.25, 0.3) is 0 Å². The van der Waals surface area contributed by atoms with Gasteiger partial charge in [0.05, 0.1) is 6.20 Å². The number of H-pyrrole nitrogens is 1. The van der Waals surface area contributed by atoms with E-state index in [4.69, 9.17) is 9.47 Å². The molecule has 136 valence electrons. The number of halogens is 1. The summed E-state index contributed by atoms with van der Waals surface area (Å²) < 4.78 is 12.3. The van der Waals surface area contributed by atoms with Crippen LogP contribution in [-0.2, 0) is 11.2 Å². The maximum atomic E-state index is 11.0. The highest BCUT2D eigenvalue weighted by Gasteiger charge is 2.06. The fourth-order valence-electron chi connectivity index (χ4n) is 2.62. The van der Waals surface area contributed by atoms with E-state index < -0.39 is 0 Å². The monoisotopic (exact) mass is 417 g/mol. The van der Waals surface area contributed by atoms with Crippen LogP contribution in [0.3, 0.4) is 0 Å². The first-order valence-electron chi connectivity index (χ1n) is 8.32. The minimum absolute atomic E-state index is 0.0190. The van der Waals surface area contributed by atoms with Crippen LogP contribution in [-0.4, -0.2) is 35.6 Å². The summed E-state index contributed by atoms with van der Waals surface area (Å²) >= 11 is 3.36. The summed E-state index contributed by atoms with van der Waals surface area (Å²) in [6, 6.07) is 7.79. The van der Waals surface area contributed by atoms with Crippen molar-refractivity contribution in [3.63, 3.8) is 0 Å². The molecule has 1 aromatic carbocycles. The Morgan fingerprint density at radius 2 is 2.00 bits per heavy atom. The Labute approximate surface area is 160 Å². The molecule has 2 N–H and O–H groups in total. The van der Waals surface area contributed by atoms with Gasteiger partial charge in [-0.2, -0.15) is 0 Å². The Morgan fingerprint density at radius 3 is 2.77 bits per heavy atom. The highest BCUT2D eigenvalue weighted by molar-refractivity contribution is 9.10. The summed E-state index contributed by atoms with van der Waals surface area (Å²) in [6.45, 7) is 3.00. The third-order valence-corrected chi connectivity index (χ3v) is 4.24. The molecule has 0 fully saturated rings. The van der Waals surface area contributed by atoms with Gasteiger partial charge < -0.3 is 19.8 Å². The third-order valence-electron chi connectivity index (χ3n) is 3.81. The number of nitrogens with one attached hydrogen (secondary N) is 2. The van der Waals surface area contributed by atoms with Gasteiger partial charge in [0, 0.05) is 41.2 Å². The first-order chi connectivity index (χ1) is 12.6. The predicted octanol–water partition coefficient (Wildman–Crippen LogP) is 3.46. The number of pyridine rings is 1. The van der Waals surface area contributed by atoms with Crippen LogP contribution in [0, 0.1) is 0 Å². The first-order valence-corrected chi connectivity index (χ1v) is 9.12. The molecule has 0 unspecified atom stereocenters. The SMILES string of the molecule is CC(=O)NCCc1c[nH]c2ccc(OCCOc3cncc(Br)c3)cc12. The van der Waals surface area contributed by atoms with Crippen molar-refractivity contribution in [2.75, 3.05) is 19.8 Å². The molecule has 0 aliphatic heterocycles. The molecule has 0 bridgehead atoms. The number of ether oxygens (including phenoxy) is 2. The number of fused-ring (bicyclic) bond motifs is 1. The second kappa shape index (κ2) is 8.71. The molecule has 3 rings (SSSR count). The van der Waals surface area contributed by atoms with E-state index in [0.717, 1.165) is 33.1 Å². The van der Waals surface area contributed by atoms with Crippen LogP contribution in [0.15, 0.2) is 47.3 Å². The van der Waals surface area contributed by atoms with Crippen molar-refractivity contribution in [3.8, 4) is 11.5 Å². The van der Waals surface area contributed by atoms with Crippen molar-refractivity contribution in [3.05, 3.63) is 52.9 Å². The van der Waals surface area contributed by atoms with Crippen LogP contribution in [0.4, 0.5) is 0 Å². The van der Waals surface area contributed by atoms with Crippen molar-refractivity contribution >= 4 is 32.7 Å². The van der Waals surface area contributed by atoms with Gasteiger partial charge >= 0.3 is 0 Å². The lowest BCUT2D eigenvalue weighted by atomic mass is 10.1. The van der Waals surface area contributed by atoms with E-state index in [9.17, 15) is 4.79 Å². The highest BCUT2D eigenvalue weighted by atomic mass is 79.9. The molecule has 2 heterocycles. The van der Waals surface area contributed by atoms with Gasteiger partial charge in [-0.05, 0) is 52.2 Å². The third kappa shape index (κ3) is 4.98. The Balaban J connectivity index is 1.55. The van der Waals surface area contributed by atoms with Gasteiger partial charge in [-0.3, -0.25) is 9.78 Å². The van der Waals surface area contributed by atoms with E-state index in [2.05, 4.69) is 31.2 Å². The highest BCUT2D eigenvalue weighted by Crippen LogP contribution is 2.24. The Bertz CT molecular complexity index is 895. The normalized spacial score (nSPS) is 10.7. The lowest BCUT2D eigenvalue weighted by Crippen LogP contribution is -2.22. The van der Waals surface area contributed by atoms with Crippen molar-refractivity contribution < 1.29 is 14.3 Å². The topological polar surface area (TPSA) is 76.2 Å². The van der Waals surface area contributed by atoms with Gasteiger partial charge in [-0.15, -0.1) is 0 Å². The van der Waals surface area contributed by atoms with Crippen LogP contribution in [0.1, 0.15) is 12.5 Å². The molecule has 0 aliphatic carbocycles. The minimum Gasteiger partial charge on any atom is -0.490 e. The lowest BCUT2D eigenvalue weighted by molar-refractivity contribution is -0.118. The average Bonchev–Trinajstić information content (AvgIpc) is 3.01. The molecule has 6 nitrogen and oxygen atoms in total. The maximum absolute atomic E-state index is 11.0. The Morgan fingerprint density at radius 1 is 1.19 bits per heavy atom. The second-order valence-electron chi connectivity index (χ2n) is 5.79. The van der Waals surface area contributed by atoms with Crippen molar-refractivity contribution in [2.24, 2.45) is 0 Å². The molecule has 0 saturated carbocycles. The van der Waals surface area contributed by atoms with E-state index in [1.165, 1.54) is 6.92 Å². The maximum Gasteiger partial charge on any atom is 0.216 e. The Kier molecular flexibility index (Phi) is 6.12. The molecule has 0 radical (unpaired) electrons. The van der Waals surface area contributed by atoms with Gasteiger partial charge in [0.2, 0.25) is 5.91 Å². The first kappa shape index (κ1) is 18.3. The number of amides is 1. The van der Waals surface area contributed by atoms with E-state index in [-0.39, 0.29) is 5.91 Å². The number of benzene rings is 1. The van der Waals surface area contributed by atoms with Crippen molar-refractivity contribution in [2.45, 2.75) is 13.3 Å². The van der Waals surface area contributed by atoms with Crippen LogP contribution < -0.4 is 14.8 Å². The summed E-state index contributed by atoms with van der Waals surface area (Å²) in [6.07, 6.45) is 6.11. The van der Waals surface area contributed by atoms with Gasteiger partial charge in [-0.25, -0.2) is 0 Å². The molecule has 2 aromatic heterocycles. The van der Waals surface area contributed by atoms with E-state index in [1.807, 2.05) is 30.5 Å².